The second-order valence-corrected chi connectivity index (χ2v) is 16.0. The van der Waals surface area contributed by atoms with Crippen LogP contribution in [0.3, 0.4) is 0 Å². The van der Waals surface area contributed by atoms with Crippen molar-refractivity contribution in [2.75, 3.05) is 11.1 Å². The van der Waals surface area contributed by atoms with E-state index in [1.165, 1.54) is 0 Å². The molecule has 3 aromatic rings. The molecule has 0 aliphatic heterocycles. The Bertz CT molecular complexity index is 1560. The van der Waals surface area contributed by atoms with Crippen LogP contribution in [-0.2, 0) is 14.9 Å². The first-order chi connectivity index (χ1) is 18.4. The third-order valence-electron chi connectivity index (χ3n) is 9.12. The molecule has 2 aromatic heterocycles. The van der Waals surface area contributed by atoms with Crippen LogP contribution in [0.5, 0.6) is 5.75 Å². The molecule has 0 radical (unpaired) electrons. The number of pyridine rings is 1. The fourth-order valence-corrected chi connectivity index (χ4v) is 9.16. The van der Waals surface area contributed by atoms with Gasteiger partial charge in [0, 0.05) is 23.7 Å². The van der Waals surface area contributed by atoms with Crippen molar-refractivity contribution in [3.63, 3.8) is 0 Å². The van der Waals surface area contributed by atoms with Crippen LogP contribution in [0.2, 0.25) is 0 Å². The van der Waals surface area contributed by atoms with E-state index in [0.717, 1.165) is 41.1 Å². The van der Waals surface area contributed by atoms with Crippen LogP contribution in [0.25, 0.3) is 16.9 Å². The molecule has 2 atom stereocenters. The van der Waals surface area contributed by atoms with Crippen molar-refractivity contribution >= 4 is 27.4 Å². The Labute approximate surface area is 238 Å². The lowest BCUT2D eigenvalue weighted by Gasteiger charge is -2.35. The van der Waals surface area contributed by atoms with Crippen LogP contribution in [0.1, 0.15) is 79.7 Å². The first-order valence-electron chi connectivity index (χ1n) is 14.2. The van der Waals surface area contributed by atoms with E-state index >= 15 is 0 Å². The first-order valence-corrected chi connectivity index (χ1v) is 15.8. The van der Waals surface area contributed by atoms with Crippen LogP contribution in [0.15, 0.2) is 42.6 Å². The zero-order valence-electron chi connectivity index (χ0n) is 25.1. The third-order valence-corrected chi connectivity index (χ3v) is 10.4. The molecule has 1 N–H and O–H groups in total. The van der Waals surface area contributed by atoms with Gasteiger partial charge in [-0.05, 0) is 98.7 Å². The Kier molecular flexibility index (Phi) is 6.68. The summed E-state index contributed by atoms with van der Waals surface area (Å²) in [6.07, 6.45) is 4.95. The van der Waals surface area contributed by atoms with Gasteiger partial charge in [-0.1, -0.05) is 34.6 Å². The highest BCUT2D eigenvalue weighted by Crippen LogP contribution is 2.64. The number of aryl methyl sites for hydroxylation is 1. The Morgan fingerprint density at radius 2 is 1.77 bits per heavy atom. The number of ketones is 1. The van der Waals surface area contributed by atoms with E-state index in [1.54, 1.807) is 12.1 Å². The van der Waals surface area contributed by atoms with Gasteiger partial charge in [0.15, 0.2) is 0 Å². The number of nitrogens with zero attached hydrogens (tertiary/aromatic N) is 2. The van der Waals surface area contributed by atoms with Crippen molar-refractivity contribution in [3.8, 4) is 17.0 Å². The SMILES string of the molecule is Cc1ccn2c(NC(C)(C)CC(C)(C)C)c(-c3ccc(OS(=O)(=O)CC45CCC(CC4=O)C5(C)C)cc3)nc2c1. The minimum absolute atomic E-state index is 0.0628. The summed E-state index contributed by atoms with van der Waals surface area (Å²) >= 11 is 0. The molecular formula is C32H43N3O4S. The number of imidazole rings is 1. The lowest BCUT2D eigenvalue weighted by molar-refractivity contribution is -0.128. The average molecular weight is 566 g/mol. The predicted molar refractivity (Wildman–Crippen MR) is 160 cm³/mol. The quantitative estimate of drug-likeness (QED) is 0.295. The minimum Gasteiger partial charge on any atom is -0.382 e. The zero-order valence-corrected chi connectivity index (χ0v) is 25.9. The highest BCUT2D eigenvalue weighted by molar-refractivity contribution is 7.87. The van der Waals surface area contributed by atoms with Crippen molar-refractivity contribution in [3.05, 3.63) is 48.2 Å². The number of fused-ring (bicyclic) bond motifs is 3. The van der Waals surface area contributed by atoms with Gasteiger partial charge in [-0.25, -0.2) is 4.98 Å². The number of aromatic nitrogens is 2. The molecule has 216 valence electrons. The molecule has 2 saturated carbocycles. The number of nitrogens with one attached hydrogen (secondary N) is 1. The van der Waals surface area contributed by atoms with E-state index in [1.807, 2.05) is 45.2 Å². The summed E-state index contributed by atoms with van der Waals surface area (Å²) in [6, 6.07) is 11.1. The monoisotopic (exact) mass is 565 g/mol. The predicted octanol–water partition coefficient (Wildman–Crippen LogP) is 7.04. The number of Topliss-reactive ketones (excluding diaryl/α,β-unsaturated/α-hetero) is 1. The van der Waals surface area contributed by atoms with Gasteiger partial charge in [-0.15, -0.1) is 0 Å². The molecule has 0 saturated heterocycles. The van der Waals surface area contributed by atoms with E-state index in [-0.39, 0.29) is 39.6 Å². The fourth-order valence-electron chi connectivity index (χ4n) is 7.41. The summed E-state index contributed by atoms with van der Waals surface area (Å²) in [5.74, 6) is 1.17. The highest BCUT2D eigenvalue weighted by Gasteiger charge is 2.65. The van der Waals surface area contributed by atoms with E-state index in [0.29, 0.717) is 12.8 Å². The molecule has 0 spiro atoms. The summed E-state index contributed by atoms with van der Waals surface area (Å²) in [7, 11) is -3.97. The molecule has 2 unspecified atom stereocenters. The van der Waals surface area contributed by atoms with E-state index in [4.69, 9.17) is 9.17 Å². The topological polar surface area (TPSA) is 89.8 Å². The molecule has 7 nitrogen and oxygen atoms in total. The van der Waals surface area contributed by atoms with Gasteiger partial charge in [0.2, 0.25) is 0 Å². The molecule has 2 bridgehead atoms. The standard InChI is InChI=1S/C32H43N3O4S/c1-21-14-16-35-26(17-21)33-27(28(35)34-30(5,6)19-29(2,3)4)22-9-11-24(12-10-22)39-40(37,38)20-32-15-13-23(18-25(32)36)31(32,7)8/h9-12,14,16-17,23,34H,13,15,18-20H2,1-8H3. The molecule has 8 heteroatoms. The van der Waals surface area contributed by atoms with Crippen molar-refractivity contribution in [1.82, 2.24) is 9.38 Å². The van der Waals surface area contributed by atoms with Gasteiger partial charge < -0.3 is 9.50 Å². The minimum atomic E-state index is -3.97. The third kappa shape index (κ3) is 5.15. The van der Waals surface area contributed by atoms with Gasteiger partial charge in [0.25, 0.3) is 0 Å². The number of rotatable bonds is 8. The zero-order chi connectivity index (χ0) is 29.3. The molecule has 0 amide bonds. The Balaban J connectivity index is 1.42. The van der Waals surface area contributed by atoms with E-state index in [9.17, 15) is 13.2 Å². The number of anilines is 1. The van der Waals surface area contributed by atoms with Crippen LogP contribution in [0, 0.1) is 29.1 Å². The van der Waals surface area contributed by atoms with E-state index < -0.39 is 15.5 Å². The number of carbonyl (C=O) groups is 1. The molecule has 2 aliphatic carbocycles. The maximum atomic E-state index is 13.2. The average Bonchev–Trinajstić information content (AvgIpc) is 3.32. The van der Waals surface area contributed by atoms with Crippen LogP contribution < -0.4 is 9.50 Å². The first kappa shape index (κ1) is 28.7. The number of hydrogen-bond donors (Lipinski definition) is 1. The summed E-state index contributed by atoms with van der Waals surface area (Å²) in [5, 5.41) is 3.75. The normalized spacial score (nSPS) is 22.7. The van der Waals surface area contributed by atoms with Crippen LogP contribution in [-0.4, -0.2) is 34.9 Å². The number of carbonyl (C=O) groups excluding carboxylic acids is 1. The van der Waals surface area contributed by atoms with Gasteiger partial charge >= 0.3 is 10.1 Å². The fraction of sp³-hybridized carbons (Fsp3) is 0.562. The second kappa shape index (κ2) is 9.33. The maximum Gasteiger partial charge on any atom is 0.310 e. The van der Waals surface area contributed by atoms with Gasteiger partial charge in [-0.3, -0.25) is 9.20 Å². The van der Waals surface area contributed by atoms with E-state index in [2.05, 4.69) is 50.4 Å². The number of benzene rings is 1. The summed E-state index contributed by atoms with van der Waals surface area (Å²) < 4.78 is 34.0. The largest absolute Gasteiger partial charge is 0.382 e. The van der Waals surface area contributed by atoms with Crippen LogP contribution in [0.4, 0.5) is 5.82 Å². The molecular weight excluding hydrogens is 522 g/mol. The maximum absolute atomic E-state index is 13.2. The Morgan fingerprint density at radius 1 is 1.10 bits per heavy atom. The molecule has 40 heavy (non-hydrogen) atoms. The van der Waals surface area contributed by atoms with Gasteiger partial charge in [0.05, 0.1) is 11.2 Å². The lowest BCUT2D eigenvalue weighted by Crippen LogP contribution is -2.43. The van der Waals surface area contributed by atoms with Crippen molar-refractivity contribution in [1.29, 1.82) is 0 Å². The smallest absolute Gasteiger partial charge is 0.310 e. The summed E-state index contributed by atoms with van der Waals surface area (Å²) in [4.78, 5) is 17.8. The molecule has 2 fully saturated rings. The van der Waals surface area contributed by atoms with Gasteiger partial charge in [0.1, 0.15) is 28.7 Å². The highest BCUT2D eigenvalue weighted by atomic mass is 32.2. The van der Waals surface area contributed by atoms with Crippen LogP contribution >= 0.6 is 0 Å². The van der Waals surface area contributed by atoms with Crippen molar-refractivity contribution in [2.24, 2.45) is 22.2 Å². The Hall–Kier alpha value is -2.87. The molecule has 2 heterocycles. The molecule has 1 aromatic carbocycles. The summed E-state index contributed by atoms with van der Waals surface area (Å²) in [5.41, 5.74) is 2.34. The van der Waals surface area contributed by atoms with Crippen molar-refractivity contribution in [2.45, 2.75) is 86.6 Å². The molecule has 2 aliphatic rings. The second-order valence-electron chi connectivity index (χ2n) is 14.5. The summed E-state index contributed by atoms with van der Waals surface area (Å²) in [6.45, 7) is 17.2. The Morgan fingerprint density at radius 3 is 2.35 bits per heavy atom. The number of hydrogen-bond acceptors (Lipinski definition) is 6. The van der Waals surface area contributed by atoms with Crippen molar-refractivity contribution < 1.29 is 17.4 Å². The van der Waals surface area contributed by atoms with Gasteiger partial charge in [-0.2, -0.15) is 8.42 Å². The lowest BCUT2D eigenvalue weighted by atomic mass is 9.70. The molecule has 5 rings (SSSR count).